The van der Waals surface area contributed by atoms with E-state index in [0.717, 1.165) is 11.5 Å². The van der Waals surface area contributed by atoms with E-state index in [2.05, 4.69) is 32.3 Å². The van der Waals surface area contributed by atoms with Crippen molar-refractivity contribution in [2.45, 2.75) is 50.9 Å². The molecule has 1 saturated carbocycles. The average molecular weight is 182 g/mol. The Balaban J connectivity index is 2.41. The van der Waals surface area contributed by atoms with Crippen molar-refractivity contribution in [2.75, 3.05) is 0 Å². The Morgan fingerprint density at radius 1 is 1.08 bits per heavy atom. The van der Waals surface area contributed by atoms with Crippen molar-refractivity contribution in [1.29, 1.82) is 0 Å². The number of hydrogen-bond acceptors (Lipinski definition) is 0. The largest absolute Gasteiger partial charge is 0.103 e. The second kappa shape index (κ2) is 3.78. The molecule has 0 saturated heterocycles. The van der Waals surface area contributed by atoms with Gasteiger partial charge in [-0.2, -0.15) is 0 Å². The predicted octanol–water partition coefficient (Wildman–Crippen LogP) is 4.07. The summed E-state index contributed by atoms with van der Waals surface area (Å²) >= 11 is 0. The van der Waals surface area contributed by atoms with Gasteiger partial charge in [-0.1, -0.05) is 38.6 Å². The van der Waals surface area contributed by atoms with Gasteiger partial charge in [-0.25, -0.2) is 0 Å². The zero-order valence-corrected chi connectivity index (χ0v) is 9.77. The van der Waals surface area contributed by atoms with Crippen LogP contribution in [0.4, 0.5) is 0 Å². The van der Waals surface area contributed by atoms with Crippen molar-refractivity contribution in [3.63, 3.8) is 0 Å². The van der Waals surface area contributed by atoms with E-state index in [1.54, 1.807) is 0 Å². The van der Waals surface area contributed by atoms with Gasteiger partial charge in [-0.15, -0.1) is 6.58 Å². The molecule has 12 heavy (non-hydrogen) atoms. The summed E-state index contributed by atoms with van der Waals surface area (Å²) in [6.45, 7) is 11.4. The SMILES string of the molecule is C=CC1CCC([Si](C)(C)C)CC1. The van der Waals surface area contributed by atoms with Crippen LogP contribution in [0.3, 0.4) is 0 Å². The van der Waals surface area contributed by atoms with Crippen LogP contribution in [0.2, 0.25) is 25.2 Å². The molecule has 0 aliphatic heterocycles. The first kappa shape index (κ1) is 10.0. The van der Waals surface area contributed by atoms with E-state index in [0.29, 0.717) is 0 Å². The lowest BCUT2D eigenvalue weighted by molar-refractivity contribution is 0.412. The van der Waals surface area contributed by atoms with Crippen molar-refractivity contribution in [3.8, 4) is 0 Å². The van der Waals surface area contributed by atoms with Crippen molar-refractivity contribution < 1.29 is 0 Å². The van der Waals surface area contributed by atoms with E-state index >= 15 is 0 Å². The summed E-state index contributed by atoms with van der Waals surface area (Å²) in [7, 11) is -0.833. The first-order chi connectivity index (χ1) is 5.54. The van der Waals surface area contributed by atoms with Crippen LogP contribution in [0.25, 0.3) is 0 Å². The van der Waals surface area contributed by atoms with Gasteiger partial charge in [0.1, 0.15) is 0 Å². The lowest BCUT2D eigenvalue weighted by Gasteiger charge is -2.34. The molecular weight excluding hydrogens is 160 g/mol. The van der Waals surface area contributed by atoms with Crippen LogP contribution in [-0.2, 0) is 0 Å². The van der Waals surface area contributed by atoms with E-state index < -0.39 is 8.07 Å². The molecule has 0 spiro atoms. The van der Waals surface area contributed by atoms with Gasteiger partial charge in [0, 0.05) is 8.07 Å². The fraction of sp³-hybridized carbons (Fsp3) is 0.818. The summed E-state index contributed by atoms with van der Waals surface area (Å²) < 4.78 is 0. The molecule has 0 bridgehead atoms. The number of hydrogen-bond donors (Lipinski definition) is 0. The summed E-state index contributed by atoms with van der Waals surface area (Å²) in [6, 6.07) is 0. The second-order valence-corrected chi connectivity index (χ2v) is 10.8. The molecule has 0 radical (unpaired) electrons. The highest BCUT2D eigenvalue weighted by atomic mass is 28.3. The van der Waals surface area contributed by atoms with Gasteiger partial charge in [-0.3, -0.25) is 0 Å². The molecule has 1 aliphatic carbocycles. The van der Waals surface area contributed by atoms with Crippen LogP contribution in [0, 0.1) is 5.92 Å². The molecule has 0 aromatic heterocycles. The Morgan fingerprint density at radius 3 is 1.92 bits per heavy atom. The van der Waals surface area contributed by atoms with Crippen LogP contribution in [-0.4, -0.2) is 8.07 Å². The van der Waals surface area contributed by atoms with Crippen LogP contribution < -0.4 is 0 Å². The summed E-state index contributed by atoms with van der Waals surface area (Å²) in [5.74, 6) is 0.831. The van der Waals surface area contributed by atoms with Crippen LogP contribution in [0.1, 0.15) is 25.7 Å². The number of rotatable bonds is 2. The van der Waals surface area contributed by atoms with Gasteiger partial charge in [0.25, 0.3) is 0 Å². The maximum Gasteiger partial charge on any atom is 0.0473 e. The smallest absolute Gasteiger partial charge is 0.0473 e. The van der Waals surface area contributed by atoms with Gasteiger partial charge in [0.15, 0.2) is 0 Å². The summed E-state index contributed by atoms with van der Waals surface area (Å²) in [5, 5.41) is 0. The molecule has 1 heteroatoms. The highest BCUT2D eigenvalue weighted by Crippen LogP contribution is 2.39. The molecule has 70 valence electrons. The third-order valence-electron chi connectivity index (χ3n) is 3.33. The van der Waals surface area contributed by atoms with Crippen molar-refractivity contribution in [1.82, 2.24) is 0 Å². The first-order valence-corrected chi connectivity index (χ1v) is 8.74. The van der Waals surface area contributed by atoms with Gasteiger partial charge in [-0.05, 0) is 24.3 Å². The summed E-state index contributed by atoms with van der Waals surface area (Å²) in [5.41, 5.74) is 1.08. The van der Waals surface area contributed by atoms with E-state index in [1.807, 2.05) is 0 Å². The molecule has 0 amide bonds. The molecule has 0 N–H and O–H groups in total. The topological polar surface area (TPSA) is 0 Å². The monoisotopic (exact) mass is 182 g/mol. The Bertz CT molecular complexity index is 147. The molecule has 0 atom stereocenters. The molecular formula is C11H22Si. The van der Waals surface area contributed by atoms with E-state index in [9.17, 15) is 0 Å². The minimum atomic E-state index is -0.833. The molecule has 0 aromatic rings. The quantitative estimate of drug-likeness (QED) is 0.446. The lowest BCUT2D eigenvalue weighted by atomic mass is 9.89. The van der Waals surface area contributed by atoms with E-state index in [4.69, 9.17) is 0 Å². The average Bonchev–Trinajstić information content (AvgIpc) is 2.03. The molecule has 0 unspecified atom stereocenters. The Labute approximate surface area is 78.1 Å². The first-order valence-electron chi connectivity index (χ1n) is 5.16. The van der Waals surface area contributed by atoms with Gasteiger partial charge < -0.3 is 0 Å². The summed E-state index contributed by atoms with van der Waals surface area (Å²) in [6.07, 6.45) is 7.89. The van der Waals surface area contributed by atoms with Crippen molar-refractivity contribution >= 4 is 8.07 Å². The molecule has 0 nitrogen and oxygen atoms in total. The molecule has 0 aromatic carbocycles. The van der Waals surface area contributed by atoms with E-state index in [-0.39, 0.29) is 0 Å². The minimum absolute atomic E-state index is 0.831. The molecule has 0 heterocycles. The number of allylic oxidation sites excluding steroid dienone is 1. The second-order valence-electron chi connectivity index (χ2n) is 5.21. The zero-order chi connectivity index (χ0) is 9.19. The standard InChI is InChI=1S/C11H22Si/c1-5-10-6-8-11(9-7-10)12(2,3)4/h5,10-11H,1,6-9H2,2-4H3. The van der Waals surface area contributed by atoms with E-state index in [1.165, 1.54) is 25.7 Å². The van der Waals surface area contributed by atoms with Crippen LogP contribution in [0.15, 0.2) is 12.7 Å². The lowest BCUT2D eigenvalue weighted by Crippen LogP contribution is -2.30. The highest BCUT2D eigenvalue weighted by Gasteiger charge is 2.29. The summed E-state index contributed by atoms with van der Waals surface area (Å²) in [4.78, 5) is 0. The van der Waals surface area contributed by atoms with Gasteiger partial charge in [0.05, 0.1) is 0 Å². The fourth-order valence-electron chi connectivity index (χ4n) is 2.22. The van der Waals surface area contributed by atoms with Crippen LogP contribution in [0.5, 0.6) is 0 Å². The molecule has 1 rings (SSSR count). The third-order valence-corrected chi connectivity index (χ3v) is 6.36. The van der Waals surface area contributed by atoms with Gasteiger partial charge in [0.2, 0.25) is 0 Å². The third kappa shape index (κ3) is 2.48. The molecule has 1 aliphatic rings. The van der Waals surface area contributed by atoms with Crippen molar-refractivity contribution in [3.05, 3.63) is 12.7 Å². The van der Waals surface area contributed by atoms with Gasteiger partial charge >= 0.3 is 0 Å². The Hall–Kier alpha value is -0.0431. The Kier molecular flexibility index (Phi) is 3.16. The maximum absolute atomic E-state index is 3.88. The highest BCUT2D eigenvalue weighted by molar-refractivity contribution is 6.77. The minimum Gasteiger partial charge on any atom is -0.103 e. The fourth-order valence-corrected chi connectivity index (χ4v) is 4.29. The molecule has 1 fully saturated rings. The van der Waals surface area contributed by atoms with Crippen LogP contribution >= 0.6 is 0 Å². The van der Waals surface area contributed by atoms with Crippen molar-refractivity contribution in [2.24, 2.45) is 5.92 Å². The predicted molar refractivity (Wildman–Crippen MR) is 59.3 cm³/mol. The maximum atomic E-state index is 3.88. The zero-order valence-electron chi connectivity index (χ0n) is 8.77. The normalized spacial score (nSPS) is 31.6. The Morgan fingerprint density at radius 2 is 1.58 bits per heavy atom.